The van der Waals surface area contributed by atoms with Crippen molar-refractivity contribution >= 4 is 0 Å². The van der Waals surface area contributed by atoms with Crippen molar-refractivity contribution in [3.8, 4) is 17.3 Å². The number of aryl methyl sites for hydroxylation is 1. The number of rotatable bonds is 1. The second-order valence-electron chi connectivity index (χ2n) is 4.43. The van der Waals surface area contributed by atoms with Gasteiger partial charge in [0.25, 0.3) is 5.56 Å². The van der Waals surface area contributed by atoms with Crippen LogP contribution in [-0.4, -0.2) is 4.98 Å². The van der Waals surface area contributed by atoms with E-state index in [1.54, 1.807) is 6.92 Å². The molecule has 2 aromatic rings. The minimum atomic E-state index is -0.323. The molecule has 90 valence electrons. The van der Waals surface area contributed by atoms with Crippen molar-refractivity contribution in [1.29, 1.82) is 5.26 Å². The molecule has 0 unspecified atom stereocenters. The number of H-pyrrole nitrogens is 1. The monoisotopic (exact) mass is 238 g/mol. The van der Waals surface area contributed by atoms with E-state index < -0.39 is 0 Å². The van der Waals surface area contributed by atoms with Gasteiger partial charge < -0.3 is 4.98 Å². The zero-order chi connectivity index (χ0) is 13.3. The fourth-order valence-electron chi connectivity index (χ4n) is 1.96. The fourth-order valence-corrected chi connectivity index (χ4v) is 1.96. The molecule has 3 heteroatoms. The van der Waals surface area contributed by atoms with Gasteiger partial charge in [-0.05, 0) is 37.5 Å². The number of nitrogens with one attached hydrogen (secondary N) is 1. The van der Waals surface area contributed by atoms with Gasteiger partial charge in [0, 0.05) is 0 Å². The summed E-state index contributed by atoms with van der Waals surface area (Å²) in [6, 6.07) is 9.89. The molecule has 0 amide bonds. The maximum absolute atomic E-state index is 11.8. The fraction of sp³-hybridized carbons (Fsp3) is 0.200. The Morgan fingerprint density at radius 1 is 1.06 bits per heavy atom. The normalized spacial score (nSPS) is 10.1. The average Bonchev–Trinajstić information content (AvgIpc) is 2.36. The van der Waals surface area contributed by atoms with E-state index in [0.717, 1.165) is 22.4 Å². The van der Waals surface area contributed by atoms with Gasteiger partial charge in [0.05, 0.1) is 5.69 Å². The topological polar surface area (TPSA) is 56.6 Å². The SMILES string of the molecule is Cc1ccc(-c2[nH]c(=O)c(C#N)c(C)c2C)cc1. The summed E-state index contributed by atoms with van der Waals surface area (Å²) in [5.41, 5.74) is 4.48. The van der Waals surface area contributed by atoms with E-state index in [4.69, 9.17) is 5.26 Å². The van der Waals surface area contributed by atoms with Crippen molar-refractivity contribution in [3.63, 3.8) is 0 Å². The summed E-state index contributed by atoms with van der Waals surface area (Å²) in [5, 5.41) is 8.95. The van der Waals surface area contributed by atoms with Crippen molar-refractivity contribution in [2.24, 2.45) is 0 Å². The van der Waals surface area contributed by atoms with Crippen molar-refractivity contribution < 1.29 is 0 Å². The van der Waals surface area contributed by atoms with Crippen LogP contribution in [0.4, 0.5) is 0 Å². The van der Waals surface area contributed by atoms with Crippen LogP contribution in [0.5, 0.6) is 0 Å². The van der Waals surface area contributed by atoms with Gasteiger partial charge in [0.2, 0.25) is 0 Å². The molecule has 0 bridgehead atoms. The van der Waals surface area contributed by atoms with E-state index >= 15 is 0 Å². The molecule has 0 saturated heterocycles. The molecule has 0 aliphatic carbocycles. The van der Waals surface area contributed by atoms with Gasteiger partial charge in [-0.15, -0.1) is 0 Å². The van der Waals surface area contributed by atoms with E-state index in [-0.39, 0.29) is 11.1 Å². The lowest BCUT2D eigenvalue weighted by Crippen LogP contribution is -2.14. The zero-order valence-electron chi connectivity index (χ0n) is 10.7. The van der Waals surface area contributed by atoms with E-state index in [2.05, 4.69) is 4.98 Å². The molecule has 1 aromatic heterocycles. The van der Waals surface area contributed by atoms with Gasteiger partial charge in [-0.3, -0.25) is 4.79 Å². The number of benzene rings is 1. The number of hydrogen-bond acceptors (Lipinski definition) is 2. The molecule has 0 spiro atoms. The van der Waals surface area contributed by atoms with Gasteiger partial charge in [0.15, 0.2) is 0 Å². The summed E-state index contributed by atoms with van der Waals surface area (Å²) < 4.78 is 0. The Labute approximate surface area is 106 Å². The molecule has 1 heterocycles. The number of hydrogen-bond donors (Lipinski definition) is 1. The van der Waals surface area contributed by atoms with Crippen molar-refractivity contribution in [2.45, 2.75) is 20.8 Å². The molecule has 0 aliphatic rings. The second-order valence-corrected chi connectivity index (χ2v) is 4.43. The lowest BCUT2D eigenvalue weighted by atomic mass is 9.99. The Bertz CT molecular complexity index is 688. The van der Waals surface area contributed by atoms with E-state index in [1.807, 2.05) is 44.2 Å². The minimum absolute atomic E-state index is 0.198. The molecule has 3 nitrogen and oxygen atoms in total. The van der Waals surface area contributed by atoms with Crippen LogP contribution in [0.25, 0.3) is 11.3 Å². The van der Waals surface area contributed by atoms with Gasteiger partial charge in [-0.25, -0.2) is 0 Å². The van der Waals surface area contributed by atoms with Crippen LogP contribution in [0.2, 0.25) is 0 Å². The third-order valence-corrected chi connectivity index (χ3v) is 3.23. The van der Waals surface area contributed by atoms with Crippen molar-refractivity contribution in [3.05, 3.63) is 56.9 Å². The second kappa shape index (κ2) is 4.50. The van der Waals surface area contributed by atoms with Crippen LogP contribution in [0.1, 0.15) is 22.3 Å². The Balaban J connectivity index is 2.71. The highest BCUT2D eigenvalue weighted by atomic mass is 16.1. The van der Waals surface area contributed by atoms with Crippen LogP contribution in [0.15, 0.2) is 29.1 Å². The van der Waals surface area contributed by atoms with Crippen LogP contribution in [0.3, 0.4) is 0 Å². The Kier molecular flexibility index (Phi) is 3.03. The molecule has 0 fully saturated rings. The molecule has 2 rings (SSSR count). The number of nitrogens with zero attached hydrogens (tertiary/aromatic N) is 1. The summed E-state index contributed by atoms with van der Waals surface area (Å²) in [7, 11) is 0. The smallest absolute Gasteiger partial charge is 0.266 e. The number of aromatic amines is 1. The molecule has 1 N–H and O–H groups in total. The van der Waals surface area contributed by atoms with Crippen LogP contribution >= 0.6 is 0 Å². The average molecular weight is 238 g/mol. The Hall–Kier alpha value is -2.34. The highest BCUT2D eigenvalue weighted by molar-refractivity contribution is 5.65. The summed E-state index contributed by atoms with van der Waals surface area (Å²) in [5.74, 6) is 0. The number of pyridine rings is 1. The highest BCUT2D eigenvalue weighted by Crippen LogP contribution is 2.23. The lowest BCUT2D eigenvalue weighted by Gasteiger charge is -2.10. The number of nitriles is 1. The minimum Gasteiger partial charge on any atom is -0.321 e. The van der Waals surface area contributed by atoms with Gasteiger partial charge in [-0.1, -0.05) is 29.8 Å². The first-order chi connectivity index (χ1) is 8.54. The van der Waals surface area contributed by atoms with Gasteiger partial charge in [0.1, 0.15) is 11.6 Å². The standard InChI is InChI=1S/C15H14N2O/c1-9-4-6-12(7-5-9)14-11(3)10(2)13(8-16)15(18)17-14/h4-7H,1-3H3,(H,17,18). The quantitative estimate of drug-likeness (QED) is 0.830. The largest absolute Gasteiger partial charge is 0.321 e. The summed E-state index contributed by atoms with van der Waals surface area (Å²) in [4.78, 5) is 14.6. The van der Waals surface area contributed by atoms with Crippen molar-refractivity contribution in [1.82, 2.24) is 4.98 Å². The maximum Gasteiger partial charge on any atom is 0.266 e. The van der Waals surface area contributed by atoms with E-state index in [1.165, 1.54) is 5.56 Å². The van der Waals surface area contributed by atoms with Crippen LogP contribution in [0, 0.1) is 32.1 Å². The van der Waals surface area contributed by atoms with Gasteiger partial charge >= 0.3 is 0 Å². The third-order valence-electron chi connectivity index (χ3n) is 3.23. The zero-order valence-corrected chi connectivity index (χ0v) is 10.7. The highest BCUT2D eigenvalue weighted by Gasteiger charge is 2.11. The summed E-state index contributed by atoms with van der Waals surface area (Å²) in [6.07, 6.45) is 0. The van der Waals surface area contributed by atoms with Gasteiger partial charge in [-0.2, -0.15) is 5.26 Å². The Morgan fingerprint density at radius 3 is 2.22 bits per heavy atom. The molecule has 18 heavy (non-hydrogen) atoms. The third kappa shape index (κ3) is 1.93. The lowest BCUT2D eigenvalue weighted by molar-refractivity contribution is 1.14. The molecular formula is C15H14N2O. The first kappa shape index (κ1) is 12.1. The van der Waals surface area contributed by atoms with Crippen LogP contribution < -0.4 is 5.56 Å². The summed E-state index contributed by atoms with van der Waals surface area (Å²) in [6.45, 7) is 5.74. The molecule has 0 radical (unpaired) electrons. The molecule has 0 atom stereocenters. The van der Waals surface area contributed by atoms with Crippen molar-refractivity contribution in [2.75, 3.05) is 0 Å². The summed E-state index contributed by atoms with van der Waals surface area (Å²) >= 11 is 0. The first-order valence-corrected chi connectivity index (χ1v) is 5.75. The number of aromatic nitrogens is 1. The van der Waals surface area contributed by atoms with E-state index in [9.17, 15) is 4.79 Å². The van der Waals surface area contributed by atoms with Crippen LogP contribution in [-0.2, 0) is 0 Å². The Morgan fingerprint density at radius 2 is 1.67 bits per heavy atom. The molecule has 1 aromatic carbocycles. The predicted octanol–water partition coefficient (Wildman–Crippen LogP) is 2.84. The predicted molar refractivity (Wildman–Crippen MR) is 71.4 cm³/mol. The molecular weight excluding hydrogens is 224 g/mol. The molecule has 0 aliphatic heterocycles. The first-order valence-electron chi connectivity index (χ1n) is 5.75. The van der Waals surface area contributed by atoms with E-state index in [0.29, 0.717) is 0 Å². The molecule has 0 saturated carbocycles. The maximum atomic E-state index is 11.8.